The Kier molecular flexibility index (Phi) is 4.16. The summed E-state index contributed by atoms with van der Waals surface area (Å²) in [7, 11) is 0. The predicted octanol–water partition coefficient (Wildman–Crippen LogP) is 3.35. The van der Waals surface area contributed by atoms with Gasteiger partial charge in [-0.15, -0.1) is 0 Å². The molecule has 0 unspecified atom stereocenters. The molecule has 0 saturated heterocycles. The standard InChI is InChI=1S/C15H20N2O4/c1-10-5-7-15(8-6-10,14(18)19)16-12-4-3-11(2)13(9-12)17(20)21/h3-4,9-10,16H,5-8H2,1-2H3,(H,18,19). The monoisotopic (exact) mass is 292 g/mol. The second kappa shape index (κ2) is 5.71. The second-order valence-corrected chi connectivity index (χ2v) is 5.95. The van der Waals surface area contributed by atoms with Crippen LogP contribution in [0.3, 0.4) is 0 Å². The van der Waals surface area contributed by atoms with Crippen molar-refractivity contribution in [3.05, 3.63) is 33.9 Å². The Morgan fingerprint density at radius 2 is 2.05 bits per heavy atom. The number of carboxylic acid groups (broad SMARTS) is 1. The van der Waals surface area contributed by atoms with Crippen LogP contribution in [0.4, 0.5) is 11.4 Å². The van der Waals surface area contributed by atoms with Crippen LogP contribution >= 0.6 is 0 Å². The molecule has 1 aromatic carbocycles. The lowest BCUT2D eigenvalue weighted by Crippen LogP contribution is -2.48. The molecule has 6 nitrogen and oxygen atoms in total. The maximum atomic E-state index is 11.7. The molecule has 2 N–H and O–H groups in total. The number of nitro benzene ring substituents is 1. The third-order valence-corrected chi connectivity index (χ3v) is 4.33. The first-order chi connectivity index (χ1) is 9.84. The summed E-state index contributed by atoms with van der Waals surface area (Å²) in [6.07, 6.45) is 2.75. The summed E-state index contributed by atoms with van der Waals surface area (Å²) in [4.78, 5) is 22.2. The van der Waals surface area contributed by atoms with Crippen molar-refractivity contribution in [1.82, 2.24) is 0 Å². The molecule has 6 heteroatoms. The van der Waals surface area contributed by atoms with Gasteiger partial charge >= 0.3 is 5.97 Å². The van der Waals surface area contributed by atoms with Gasteiger partial charge in [0.1, 0.15) is 5.54 Å². The number of hydrogen-bond acceptors (Lipinski definition) is 4. The van der Waals surface area contributed by atoms with Gasteiger partial charge in [0.2, 0.25) is 0 Å². The molecule has 0 aromatic heterocycles. The van der Waals surface area contributed by atoms with Gasteiger partial charge in [-0.05, 0) is 44.6 Å². The molecule has 2 rings (SSSR count). The zero-order valence-electron chi connectivity index (χ0n) is 12.3. The molecule has 0 amide bonds. The van der Waals surface area contributed by atoms with E-state index in [0.29, 0.717) is 30.0 Å². The number of nitrogens with zero attached hydrogens (tertiary/aromatic N) is 1. The minimum absolute atomic E-state index is 0.00437. The first kappa shape index (κ1) is 15.3. The minimum Gasteiger partial charge on any atom is -0.480 e. The molecule has 0 atom stereocenters. The molecule has 0 heterocycles. The van der Waals surface area contributed by atoms with Gasteiger partial charge in [-0.2, -0.15) is 0 Å². The molecular weight excluding hydrogens is 272 g/mol. The van der Waals surface area contributed by atoms with Crippen molar-refractivity contribution in [3.8, 4) is 0 Å². The Labute approximate surface area is 123 Å². The van der Waals surface area contributed by atoms with E-state index in [-0.39, 0.29) is 5.69 Å². The molecular formula is C15H20N2O4. The number of aliphatic carboxylic acids is 1. The number of nitro groups is 1. The average Bonchev–Trinajstić information content (AvgIpc) is 2.43. The van der Waals surface area contributed by atoms with Crippen molar-refractivity contribution >= 4 is 17.3 Å². The van der Waals surface area contributed by atoms with Gasteiger partial charge in [0, 0.05) is 17.3 Å². The number of hydrogen-bond donors (Lipinski definition) is 2. The normalized spacial score (nSPS) is 25.3. The highest BCUT2D eigenvalue weighted by molar-refractivity contribution is 5.83. The van der Waals surface area contributed by atoms with Crippen LogP contribution in [0.5, 0.6) is 0 Å². The van der Waals surface area contributed by atoms with Crippen molar-refractivity contribution in [2.24, 2.45) is 5.92 Å². The third kappa shape index (κ3) is 3.15. The summed E-state index contributed by atoms with van der Waals surface area (Å²) in [6.45, 7) is 3.78. The fourth-order valence-corrected chi connectivity index (χ4v) is 2.81. The summed E-state index contributed by atoms with van der Waals surface area (Å²) in [5, 5.41) is 23.6. The number of rotatable bonds is 4. The summed E-state index contributed by atoms with van der Waals surface area (Å²) in [6, 6.07) is 4.75. The zero-order valence-corrected chi connectivity index (χ0v) is 12.3. The summed E-state index contributed by atoms with van der Waals surface area (Å²) in [5.41, 5.74) is 0.0384. The van der Waals surface area contributed by atoms with E-state index in [1.54, 1.807) is 19.1 Å². The smallest absolute Gasteiger partial charge is 0.329 e. The Morgan fingerprint density at radius 1 is 1.43 bits per heavy atom. The largest absolute Gasteiger partial charge is 0.480 e. The highest BCUT2D eigenvalue weighted by Crippen LogP contribution is 2.36. The third-order valence-electron chi connectivity index (χ3n) is 4.33. The topological polar surface area (TPSA) is 92.5 Å². The van der Waals surface area contributed by atoms with Gasteiger partial charge in [-0.3, -0.25) is 10.1 Å². The molecule has 1 aliphatic carbocycles. The Hall–Kier alpha value is -2.11. The quantitative estimate of drug-likeness (QED) is 0.655. The van der Waals surface area contributed by atoms with Gasteiger partial charge in [0.25, 0.3) is 5.69 Å². The molecule has 1 saturated carbocycles. The molecule has 0 bridgehead atoms. The van der Waals surface area contributed by atoms with E-state index < -0.39 is 16.4 Å². The number of nitrogens with one attached hydrogen (secondary N) is 1. The Morgan fingerprint density at radius 3 is 2.57 bits per heavy atom. The van der Waals surface area contributed by atoms with Crippen LogP contribution in [0, 0.1) is 23.0 Å². The van der Waals surface area contributed by atoms with Crippen LogP contribution in [0.1, 0.15) is 38.2 Å². The van der Waals surface area contributed by atoms with Crippen LogP contribution in [-0.4, -0.2) is 21.5 Å². The van der Waals surface area contributed by atoms with Gasteiger partial charge in [0.05, 0.1) is 4.92 Å². The molecule has 1 fully saturated rings. The lowest BCUT2D eigenvalue weighted by atomic mass is 9.77. The van der Waals surface area contributed by atoms with Crippen molar-refractivity contribution in [3.63, 3.8) is 0 Å². The van der Waals surface area contributed by atoms with E-state index >= 15 is 0 Å². The lowest BCUT2D eigenvalue weighted by molar-refractivity contribution is -0.385. The maximum absolute atomic E-state index is 11.7. The number of anilines is 1. The van der Waals surface area contributed by atoms with E-state index in [9.17, 15) is 20.0 Å². The van der Waals surface area contributed by atoms with Gasteiger partial charge < -0.3 is 10.4 Å². The van der Waals surface area contributed by atoms with Crippen LogP contribution in [-0.2, 0) is 4.79 Å². The van der Waals surface area contributed by atoms with Gasteiger partial charge in [-0.25, -0.2) is 4.79 Å². The fourth-order valence-electron chi connectivity index (χ4n) is 2.81. The fraction of sp³-hybridized carbons (Fsp3) is 0.533. The predicted molar refractivity (Wildman–Crippen MR) is 79.5 cm³/mol. The number of aryl methyl sites for hydroxylation is 1. The molecule has 0 spiro atoms. The van der Waals surface area contributed by atoms with Gasteiger partial charge in [0.15, 0.2) is 0 Å². The maximum Gasteiger partial charge on any atom is 0.329 e. The van der Waals surface area contributed by atoms with Crippen LogP contribution in [0.25, 0.3) is 0 Å². The number of carboxylic acids is 1. The lowest BCUT2D eigenvalue weighted by Gasteiger charge is -2.37. The van der Waals surface area contributed by atoms with Crippen molar-refractivity contribution in [2.45, 2.75) is 45.1 Å². The molecule has 1 aromatic rings. The van der Waals surface area contributed by atoms with Crippen molar-refractivity contribution in [2.75, 3.05) is 5.32 Å². The van der Waals surface area contributed by atoms with Crippen LogP contribution in [0.15, 0.2) is 18.2 Å². The Bertz CT molecular complexity index is 563. The van der Waals surface area contributed by atoms with E-state index in [0.717, 1.165) is 12.8 Å². The van der Waals surface area contributed by atoms with Crippen LogP contribution < -0.4 is 5.32 Å². The summed E-state index contributed by atoms with van der Waals surface area (Å²) >= 11 is 0. The average molecular weight is 292 g/mol. The number of carbonyl (C=O) groups is 1. The molecule has 0 aliphatic heterocycles. The molecule has 114 valence electrons. The minimum atomic E-state index is -1.02. The van der Waals surface area contributed by atoms with Crippen LogP contribution in [0.2, 0.25) is 0 Å². The zero-order chi connectivity index (χ0) is 15.6. The van der Waals surface area contributed by atoms with Crippen molar-refractivity contribution < 1.29 is 14.8 Å². The molecule has 1 aliphatic rings. The Balaban J connectivity index is 2.28. The first-order valence-corrected chi connectivity index (χ1v) is 7.11. The van der Waals surface area contributed by atoms with E-state index in [1.807, 2.05) is 0 Å². The SMILES string of the molecule is Cc1ccc(NC2(C(=O)O)CCC(C)CC2)cc1[N+](=O)[O-]. The molecule has 21 heavy (non-hydrogen) atoms. The van der Waals surface area contributed by atoms with E-state index in [4.69, 9.17) is 0 Å². The first-order valence-electron chi connectivity index (χ1n) is 7.11. The summed E-state index contributed by atoms with van der Waals surface area (Å²) in [5.74, 6) is -0.371. The van der Waals surface area contributed by atoms with E-state index in [1.165, 1.54) is 6.07 Å². The summed E-state index contributed by atoms with van der Waals surface area (Å²) < 4.78 is 0. The molecule has 0 radical (unpaired) electrons. The highest BCUT2D eigenvalue weighted by Gasteiger charge is 2.41. The van der Waals surface area contributed by atoms with E-state index in [2.05, 4.69) is 12.2 Å². The van der Waals surface area contributed by atoms with Gasteiger partial charge in [-0.1, -0.05) is 13.0 Å². The van der Waals surface area contributed by atoms with Crippen molar-refractivity contribution in [1.29, 1.82) is 0 Å². The highest BCUT2D eigenvalue weighted by atomic mass is 16.6. The second-order valence-electron chi connectivity index (χ2n) is 5.95. The number of benzene rings is 1.